The molecule has 1 fully saturated rings. The molecule has 1 heterocycles. The molecule has 1 aromatic heterocycles. The smallest absolute Gasteiger partial charge is 0.0962 e. The second-order valence-corrected chi connectivity index (χ2v) is 6.22. The summed E-state index contributed by atoms with van der Waals surface area (Å²) in [5.41, 5.74) is 1.52. The molecule has 0 N–H and O–H groups in total. The molecule has 2 heteroatoms. The zero-order valence-corrected chi connectivity index (χ0v) is 9.66. The van der Waals surface area contributed by atoms with Crippen LogP contribution in [0.4, 0.5) is 0 Å². The monoisotopic (exact) mass is 195 g/mol. The lowest BCUT2D eigenvalue weighted by molar-refractivity contribution is 0.567. The molecular formula is C11H17NS. The predicted octanol–water partition coefficient (Wildman–Crippen LogP) is 3.63. The van der Waals surface area contributed by atoms with Crippen molar-refractivity contribution in [2.45, 2.75) is 51.9 Å². The second-order valence-electron chi connectivity index (χ2n) is 4.98. The molecule has 0 aliphatic heterocycles. The molecule has 0 aromatic carbocycles. The Bertz CT molecular complexity index is 315. The molecule has 0 amide bonds. The maximum Gasteiger partial charge on any atom is 0.0962 e. The van der Waals surface area contributed by atoms with Gasteiger partial charge in [0.05, 0.1) is 10.7 Å². The summed E-state index contributed by atoms with van der Waals surface area (Å²) >= 11 is 1.90. The molecule has 0 bridgehead atoms. The fraction of sp³-hybridized carbons (Fsp3) is 0.727. The van der Waals surface area contributed by atoms with E-state index < -0.39 is 0 Å². The summed E-state index contributed by atoms with van der Waals surface area (Å²) in [6.45, 7) is 8.92. The van der Waals surface area contributed by atoms with Gasteiger partial charge < -0.3 is 0 Å². The standard InChI is InChI=1S/C11H17NS/c1-7-9(11(2,3)4)12-10(13-7)8-5-6-8/h8H,5-6H2,1-4H3. The second kappa shape index (κ2) is 2.81. The third-order valence-electron chi connectivity index (χ3n) is 2.45. The van der Waals surface area contributed by atoms with Gasteiger partial charge in [-0.25, -0.2) is 4.98 Å². The van der Waals surface area contributed by atoms with Crippen LogP contribution in [0.1, 0.15) is 55.1 Å². The molecule has 13 heavy (non-hydrogen) atoms. The van der Waals surface area contributed by atoms with Gasteiger partial charge in [-0.1, -0.05) is 20.8 Å². The molecule has 1 nitrogen and oxygen atoms in total. The van der Waals surface area contributed by atoms with Gasteiger partial charge in [-0.3, -0.25) is 0 Å². The summed E-state index contributed by atoms with van der Waals surface area (Å²) in [5, 5.41) is 1.38. The van der Waals surface area contributed by atoms with Gasteiger partial charge in [-0.15, -0.1) is 11.3 Å². The highest BCUT2D eigenvalue weighted by Gasteiger charge is 2.29. The normalized spacial score (nSPS) is 17.8. The van der Waals surface area contributed by atoms with Crippen molar-refractivity contribution in [2.24, 2.45) is 0 Å². The molecule has 0 atom stereocenters. The van der Waals surface area contributed by atoms with E-state index in [0.29, 0.717) is 0 Å². The van der Waals surface area contributed by atoms with Crippen LogP contribution >= 0.6 is 11.3 Å². The van der Waals surface area contributed by atoms with Crippen LogP contribution in [0.15, 0.2) is 0 Å². The first-order valence-corrected chi connectivity index (χ1v) is 5.78. The van der Waals surface area contributed by atoms with Crippen LogP contribution < -0.4 is 0 Å². The van der Waals surface area contributed by atoms with Crippen molar-refractivity contribution in [1.82, 2.24) is 4.98 Å². The number of hydrogen-bond donors (Lipinski definition) is 0. The summed E-state index contributed by atoms with van der Waals surface area (Å²) in [5.74, 6) is 0.805. The summed E-state index contributed by atoms with van der Waals surface area (Å²) in [6.07, 6.45) is 2.72. The largest absolute Gasteiger partial charge is 0.245 e. The molecule has 0 unspecified atom stereocenters. The van der Waals surface area contributed by atoms with Crippen molar-refractivity contribution < 1.29 is 0 Å². The molecular weight excluding hydrogens is 178 g/mol. The van der Waals surface area contributed by atoms with Gasteiger partial charge in [-0.2, -0.15) is 0 Å². The summed E-state index contributed by atoms with van der Waals surface area (Å²) in [7, 11) is 0. The predicted molar refractivity (Wildman–Crippen MR) is 57.5 cm³/mol. The van der Waals surface area contributed by atoms with Crippen molar-refractivity contribution in [2.75, 3.05) is 0 Å². The van der Waals surface area contributed by atoms with Crippen LogP contribution in [0.2, 0.25) is 0 Å². The maximum atomic E-state index is 4.76. The summed E-state index contributed by atoms with van der Waals surface area (Å²) in [4.78, 5) is 6.17. The number of nitrogens with zero attached hydrogens (tertiary/aromatic N) is 1. The quantitative estimate of drug-likeness (QED) is 0.667. The van der Waals surface area contributed by atoms with E-state index in [0.717, 1.165) is 5.92 Å². The molecule has 0 spiro atoms. The molecule has 72 valence electrons. The van der Waals surface area contributed by atoms with E-state index in [1.165, 1.54) is 28.4 Å². The van der Waals surface area contributed by atoms with Crippen LogP contribution in [0.25, 0.3) is 0 Å². The van der Waals surface area contributed by atoms with E-state index in [4.69, 9.17) is 4.98 Å². The Labute approximate surface area is 84.2 Å². The first kappa shape index (κ1) is 9.20. The van der Waals surface area contributed by atoms with Crippen molar-refractivity contribution >= 4 is 11.3 Å². The number of aryl methyl sites for hydroxylation is 1. The first-order chi connectivity index (χ1) is 5.98. The van der Waals surface area contributed by atoms with Crippen LogP contribution in [-0.2, 0) is 5.41 Å². The van der Waals surface area contributed by atoms with Gasteiger partial charge >= 0.3 is 0 Å². The average Bonchev–Trinajstić information content (AvgIpc) is 2.73. The molecule has 0 radical (unpaired) electrons. The minimum Gasteiger partial charge on any atom is -0.245 e. The topological polar surface area (TPSA) is 12.9 Å². The first-order valence-electron chi connectivity index (χ1n) is 4.96. The Morgan fingerprint density at radius 2 is 1.92 bits per heavy atom. The lowest BCUT2D eigenvalue weighted by atomic mass is 9.91. The fourth-order valence-electron chi connectivity index (χ4n) is 1.62. The Morgan fingerprint density at radius 1 is 1.31 bits per heavy atom. The van der Waals surface area contributed by atoms with Gasteiger partial charge in [0.1, 0.15) is 0 Å². The molecule has 2 rings (SSSR count). The van der Waals surface area contributed by atoms with Gasteiger partial charge in [0.15, 0.2) is 0 Å². The van der Waals surface area contributed by atoms with Crippen LogP contribution in [0.3, 0.4) is 0 Å². The summed E-state index contributed by atoms with van der Waals surface area (Å²) < 4.78 is 0. The van der Waals surface area contributed by atoms with Crippen LogP contribution in [-0.4, -0.2) is 4.98 Å². The number of hydrogen-bond acceptors (Lipinski definition) is 2. The van der Waals surface area contributed by atoms with E-state index in [2.05, 4.69) is 27.7 Å². The van der Waals surface area contributed by atoms with Crippen LogP contribution in [0.5, 0.6) is 0 Å². The van der Waals surface area contributed by atoms with Crippen molar-refractivity contribution in [3.63, 3.8) is 0 Å². The minimum absolute atomic E-state index is 0.216. The van der Waals surface area contributed by atoms with Crippen LogP contribution in [0, 0.1) is 6.92 Å². The Morgan fingerprint density at radius 3 is 2.31 bits per heavy atom. The van der Waals surface area contributed by atoms with Gasteiger partial charge in [0.2, 0.25) is 0 Å². The third kappa shape index (κ3) is 1.78. The molecule has 0 saturated heterocycles. The average molecular weight is 195 g/mol. The van der Waals surface area contributed by atoms with Crippen molar-refractivity contribution in [3.05, 3.63) is 15.6 Å². The molecule has 1 aliphatic carbocycles. The molecule has 1 aliphatic rings. The van der Waals surface area contributed by atoms with E-state index in [1.54, 1.807) is 0 Å². The Hall–Kier alpha value is -0.370. The van der Waals surface area contributed by atoms with Crippen molar-refractivity contribution in [3.8, 4) is 0 Å². The Kier molecular flexibility index (Phi) is 1.99. The summed E-state index contributed by atoms with van der Waals surface area (Å²) in [6, 6.07) is 0. The van der Waals surface area contributed by atoms with E-state index >= 15 is 0 Å². The SMILES string of the molecule is Cc1sc(C2CC2)nc1C(C)(C)C. The fourth-order valence-corrected chi connectivity index (χ4v) is 2.92. The zero-order valence-electron chi connectivity index (χ0n) is 8.85. The Balaban J connectivity index is 2.35. The third-order valence-corrected chi connectivity index (χ3v) is 3.58. The van der Waals surface area contributed by atoms with Gasteiger partial charge in [0.25, 0.3) is 0 Å². The van der Waals surface area contributed by atoms with E-state index in [-0.39, 0.29) is 5.41 Å². The number of thiazole rings is 1. The highest BCUT2D eigenvalue weighted by atomic mass is 32.1. The van der Waals surface area contributed by atoms with E-state index in [1.807, 2.05) is 11.3 Å². The highest BCUT2D eigenvalue weighted by Crippen LogP contribution is 2.43. The highest BCUT2D eigenvalue weighted by molar-refractivity contribution is 7.11. The molecule has 1 saturated carbocycles. The minimum atomic E-state index is 0.216. The number of rotatable bonds is 1. The number of aromatic nitrogens is 1. The van der Waals surface area contributed by atoms with Gasteiger partial charge in [-0.05, 0) is 19.8 Å². The maximum absolute atomic E-state index is 4.76. The lowest BCUT2D eigenvalue weighted by Gasteiger charge is -2.16. The zero-order chi connectivity index (χ0) is 9.64. The molecule has 1 aromatic rings. The van der Waals surface area contributed by atoms with Gasteiger partial charge in [0, 0.05) is 16.2 Å². The van der Waals surface area contributed by atoms with Crippen molar-refractivity contribution in [1.29, 1.82) is 0 Å². The van der Waals surface area contributed by atoms with E-state index in [9.17, 15) is 0 Å². The lowest BCUT2D eigenvalue weighted by Crippen LogP contribution is -2.13.